The number of nitrogens with zero attached hydrogens (tertiary/aromatic N) is 3. The third-order valence-corrected chi connectivity index (χ3v) is 5.23. The lowest BCUT2D eigenvalue weighted by molar-refractivity contribution is 0.286. The summed E-state index contributed by atoms with van der Waals surface area (Å²) >= 11 is 0. The zero-order valence-corrected chi connectivity index (χ0v) is 17.3. The van der Waals surface area contributed by atoms with E-state index in [2.05, 4.69) is 20.4 Å². The summed E-state index contributed by atoms with van der Waals surface area (Å²) in [6, 6.07) is 7.36. The van der Waals surface area contributed by atoms with Crippen molar-refractivity contribution in [3.63, 3.8) is 0 Å². The quantitative estimate of drug-likeness (QED) is 0.178. The minimum Gasteiger partial charge on any atom is -0.463 e. The number of fused-ring (bicyclic) bond motifs is 1. The van der Waals surface area contributed by atoms with Crippen LogP contribution in [0.25, 0.3) is 11.2 Å². The van der Waals surface area contributed by atoms with Crippen LogP contribution < -0.4 is 21.7 Å². The molecule has 0 aliphatic rings. The van der Waals surface area contributed by atoms with Crippen molar-refractivity contribution >= 4 is 24.4 Å². The van der Waals surface area contributed by atoms with E-state index in [1.165, 1.54) is 11.2 Å². The first-order valence-electron chi connectivity index (χ1n) is 9.28. The number of nitrogen functional groups attached to an aromatic ring is 1. The van der Waals surface area contributed by atoms with Gasteiger partial charge in [-0.25, -0.2) is 10.6 Å². The molecule has 0 saturated carbocycles. The Bertz CT molecular complexity index is 1100. The standard InChI is InChI=1S/C18H25N6O4P/c1-3-4-8-28-17-21-15(23-19)14-16(22-17)24(18(25)20-14)10-12-6-5-7-13(9-12)11-29(2,26)27/h5-7,9H,3-4,8,10-11,19H2,1-2H3,(H,20,25)(H,26,27)(H,21,22,23). The van der Waals surface area contributed by atoms with Gasteiger partial charge in [-0.2, -0.15) is 9.97 Å². The number of nitrogens with two attached hydrogens (primary N) is 1. The van der Waals surface area contributed by atoms with E-state index in [0.29, 0.717) is 17.8 Å². The Morgan fingerprint density at radius 2 is 2.10 bits per heavy atom. The molecule has 2 aromatic heterocycles. The van der Waals surface area contributed by atoms with Crippen molar-refractivity contribution in [3.8, 4) is 6.01 Å². The fourth-order valence-electron chi connectivity index (χ4n) is 2.98. The predicted octanol–water partition coefficient (Wildman–Crippen LogP) is 2.03. The molecular formula is C18H25N6O4P. The molecule has 29 heavy (non-hydrogen) atoms. The van der Waals surface area contributed by atoms with E-state index < -0.39 is 7.37 Å². The van der Waals surface area contributed by atoms with Gasteiger partial charge in [0.1, 0.15) is 5.52 Å². The van der Waals surface area contributed by atoms with Crippen molar-refractivity contribution in [1.82, 2.24) is 19.5 Å². The molecule has 3 rings (SSSR count). The molecule has 1 atom stereocenters. The maximum Gasteiger partial charge on any atom is 0.328 e. The minimum absolute atomic E-state index is 0.0719. The Morgan fingerprint density at radius 3 is 2.79 bits per heavy atom. The second-order valence-electron chi connectivity index (χ2n) is 6.95. The van der Waals surface area contributed by atoms with Crippen LogP contribution in [0.1, 0.15) is 30.9 Å². The van der Waals surface area contributed by atoms with E-state index >= 15 is 0 Å². The molecule has 10 nitrogen and oxygen atoms in total. The van der Waals surface area contributed by atoms with Gasteiger partial charge in [0.05, 0.1) is 13.2 Å². The van der Waals surface area contributed by atoms with E-state index in [9.17, 15) is 14.3 Å². The molecule has 1 unspecified atom stereocenters. The molecule has 11 heteroatoms. The number of rotatable bonds is 9. The smallest absolute Gasteiger partial charge is 0.328 e. The SMILES string of the molecule is CCCCOc1nc(NN)c2[nH]c(=O)n(Cc3cccc(CP(C)(=O)O)c3)c2n1. The number of aromatic nitrogens is 4. The topological polar surface area (TPSA) is 148 Å². The van der Waals surface area contributed by atoms with Crippen LogP contribution >= 0.6 is 7.37 Å². The van der Waals surface area contributed by atoms with Gasteiger partial charge in [0.25, 0.3) is 0 Å². The number of ether oxygens (including phenoxy) is 1. The number of nitrogens with one attached hydrogen (secondary N) is 2. The van der Waals surface area contributed by atoms with Crippen molar-refractivity contribution < 1.29 is 14.2 Å². The maximum atomic E-state index is 12.5. The highest BCUT2D eigenvalue weighted by Gasteiger charge is 2.17. The third-order valence-electron chi connectivity index (χ3n) is 4.28. The molecule has 0 saturated heterocycles. The Hall–Kier alpha value is -2.68. The zero-order valence-electron chi connectivity index (χ0n) is 16.4. The fourth-order valence-corrected chi connectivity index (χ4v) is 3.86. The molecule has 3 aromatic rings. The molecule has 2 heterocycles. The Morgan fingerprint density at radius 1 is 1.34 bits per heavy atom. The van der Waals surface area contributed by atoms with Gasteiger partial charge in [0.15, 0.2) is 11.5 Å². The summed E-state index contributed by atoms with van der Waals surface area (Å²) in [7, 11) is -3.19. The first-order valence-corrected chi connectivity index (χ1v) is 11.6. The third kappa shape index (κ3) is 5.23. The maximum absolute atomic E-state index is 12.5. The summed E-state index contributed by atoms with van der Waals surface area (Å²) in [6.45, 7) is 4.05. The Labute approximate surface area is 167 Å². The van der Waals surface area contributed by atoms with E-state index in [1.54, 1.807) is 18.2 Å². The number of imidazole rings is 1. The number of aromatic amines is 1. The van der Waals surface area contributed by atoms with E-state index in [-0.39, 0.29) is 30.2 Å². The summed E-state index contributed by atoms with van der Waals surface area (Å²) < 4.78 is 18.7. The second kappa shape index (κ2) is 8.77. The van der Waals surface area contributed by atoms with Crippen LogP contribution in [0.2, 0.25) is 0 Å². The van der Waals surface area contributed by atoms with Gasteiger partial charge in [-0.15, -0.1) is 0 Å². The number of unbranched alkanes of at least 4 members (excludes halogenated alkanes) is 1. The highest BCUT2D eigenvalue weighted by molar-refractivity contribution is 7.56. The lowest BCUT2D eigenvalue weighted by Crippen LogP contribution is -2.18. The van der Waals surface area contributed by atoms with E-state index in [4.69, 9.17) is 10.6 Å². The number of H-pyrrole nitrogens is 1. The predicted molar refractivity (Wildman–Crippen MR) is 111 cm³/mol. The summed E-state index contributed by atoms with van der Waals surface area (Å²) in [5.41, 5.74) is 4.36. The number of hydrogen-bond acceptors (Lipinski definition) is 7. The van der Waals surface area contributed by atoms with Crippen LogP contribution in [0.5, 0.6) is 6.01 Å². The second-order valence-corrected chi connectivity index (χ2v) is 9.36. The van der Waals surface area contributed by atoms with Crippen molar-refractivity contribution in [2.45, 2.75) is 32.5 Å². The average molecular weight is 420 g/mol. The summed E-state index contributed by atoms with van der Waals surface area (Å²) in [5, 5.41) is 0. The van der Waals surface area contributed by atoms with Crippen LogP contribution in [0.4, 0.5) is 5.82 Å². The van der Waals surface area contributed by atoms with Gasteiger partial charge in [-0.3, -0.25) is 9.13 Å². The Kier molecular flexibility index (Phi) is 6.36. The van der Waals surface area contributed by atoms with Crippen LogP contribution in [0, 0.1) is 0 Å². The van der Waals surface area contributed by atoms with Gasteiger partial charge in [0.2, 0.25) is 7.37 Å². The largest absolute Gasteiger partial charge is 0.463 e. The summed E-state index contributed by atoms with van der Waals surface area (Å²) in [4.78, 5) is 33.5. The first kappa shape index (κ1) is 21.0. The number of benzene rings is 1. The molecule has 1 aromatic carbocycles. The number of hydrazine groups is 1. The fraction of sp³-hybridized carbons (Fsp3) is 0.389. The van der Waals surface area contributed by atoms with Crippen molar-refractivity contribution in [1.29, 1.82) is 0 Å². The number of hydrogen-bond donors (Lipinski definition) is 4. The van der Waals surface area contributed by atoms with E-state index in [0.717, 1.165) is 24.0 Å². The lowest BCUT2D eigenvalue weighted by Gasteiger charge is -2.10. The van der Waals surface area contributed by atoms with Gasteiger partial charge >= 0.3 is 11.7 Å². The molecule has 0 amide bonds. The normalized spacial score (nSPS) is 13.4. The van der Waals surface area contributed by atoms with Gasteiger partial charge in [0, 0.05) is 12.8 Å². The van der Waals surface area contributed by atoms with Crippen LogP contribution in [-0.4, -0.2) is 37.7 Å². The minimum atomic E-state index is -3.19. The van der Waals surface area contributed by atoms with Gasteiger partial charge in [-0.1, -0.05) is 37.6 Å². The highest BCUT2D eigenvalue weighted by atomic mass is 31.2. The molecule has 0 fully saturated rings. The van der Waals surface area contributed by atoms with Crippen molar-refractivity contribution in [3.05, 3.63) is 45.9 Å². The average Bonchev–Trinajstić information content (AvgIpc) is 2.96. The first-order chi connectivity index (χ1) is 13.8. The molecule has 156 valence electrons. The molecule has 0 spiro atoms. The van der Waals surface area contributed by atoms with E-state index in [1.807, 2.05) is 13.0 Å². The van der Waals surface area contributed by atoms with Crippen molar-refractivity contribution in [2.75, 3.05) is 18.7 Å². The van der Waals surface area contributed by atoms with Gasteiger partial charge < -0.3 is 20.0 Å². The Balaban J connectivity index is 1.98. The van der Waals surface area contributed by atoms with Crippen LogP contribution in [-0.2, 0) is 17.3 Å². The van der Waals surface area contributed by atoms with Crippen LogP contribution in [0.15, 0.2) is 29.1 Å². The van der Waals surface area contributed by atoms with Gasteiger partial charge in [-0.05, 0) is 17.5 Å². The molecule has 0 aliphatic carbocycles. The van der Waals surface area contributed by atoms with Crippen molar-refractivity contribution in [2.24, 2.45) is 5.84 Å². The molecule has 0 bridgehead atoms. The molecule has 5 N–H and O–H groups in total. The highest BCUT2D eigenvalue weighted by Crippen LogP contribution is 2.39. The monoisotopic (exact) mass is 420 g/mol. The lowest BCUT2D eigenvalue weighted by atomic mass is 10.1. The molecule has 0 radical (unpaired) electrons. The van der Waals surface area contributed by atoms with Crippen LogP contribution in [0.3, 0.4) is 0 Å². The molecular weight excluding hydrogens is 395 g/mol. The molecule has 0 aliphatic heterocycles. The zero-order chi connectivity index (χ0) is 21.0. The number of anilines is 1. The summed E-state index contributed by atoms with van der Waals surface area (Å²) in [5.74, 6) is 5.82. The summed E-state index contributed by atoms with van der Waals surface area (Å²) in [6.07, 6.45) is 1.89.